The van der Waals surface area contributed by atoms with Crippen molar-refractivity contribution in [1.29, 1.82) is 0 Å². The molecule has 0 saturated carbocycles. The summed E-state index contributed by atoms with van der Waals surface area (Å²) in [6.45, 7) is 0. The summed E-state index contributed by atoms with van der Waals surface area (Å²) in [7, 11) is 0. The molecule has 1 aromatic heterocycles. The summed E-state index contributed by atoms with van der Waals surface area (Å²) in [5.41, 5.74) is 1.68. The van der Waals surface area contributed by atoms with E-state index < -0.39 is 0 Å². The van der Waals surface area contributed by atoms with Gasteiger partial charge in [0.15, 0.2) is 6.29 Å². The monoisotopic (exact) mass is 270 g/mol. The summed E-state index contributed by atoms with van der Waals surface area (Å²) in [5, 5.41) is 13.1. The van der Waals surface area contributed by atoms with Crippen molar-refractivity contribution in [2.24, 2.45) is 0 Å². The lowest BCUT2D eigenvalue weighted by Gasteiger charge is -1.99. The average molecular weight is 271 g/mol. The number of phenolic OH excluding ortho intramolecular Hbond substituents is 1. The number of hydrogen-bond acceptors (Lipinski definition) is 3. The summed E-state index contributed by atoms with van der Waals surface area (Å²) in [4.78, 5) is 10.8. The number of halogens is 1. The van der Waals surface area contributed by atoms with Gasteiger partial charge in [0.2, 0.25) is 0 Å². The first-order valence-electron chi connectivity index (χ1n) is 4.01. The molecule has 72 valence electrons. The Balaban J connectivity index is 2.88. The molecule has 0 unspecified atom stereocenters. The highest BCUT2D eigenvalue weighted by atomic mass is 79.9. The van der Waals surface area contributed by atoms with Crippen LogP contribution in [-0.4, -0.2) is 11.4 Å². The van der Waals surface area contributed by atoms with Crippen LogP contribution >= 0.6 is 27.3 Å². The molecule has 0 aliphatic rings. The zero-order valence-electron chi connectivity index (χ0n) is 7.16. The number of aldehydes is 1. The van der Waals surface area contributed by atoms with Crippen LogP contribution in [-0.2, 0) is 5.33 Å². The third-order valence-corrected chi connectivity index (χ3v) is 3.74. The number of thiophene rings is 1. The topological polar surface area (TPSA) is 37.3 Å². The maximum atomic E-state index is 10.8. The molecule has 2 aromatic rings. The Bertz CT molecular complexity index is 490. The number of fused-ring (bicyclic) bond motifs is 1. The van der Waals surface area contributed by atoms with Crippen LogP contribution < -0.4 is 0 Å². The van der Waals surface area contributed by atoms with Crippen molar-refractivity contribution in [1.82, 2.24) is 0 Å². The molecule has 0 radical (unpaired) electrons. The van der Waals surface area contributed by atoms with E-state index in [4.69, 9.17) is 0 Å². The third kappa shape index (κ3) is 1.35. The Labute approximate surface area is 93.3 Å². The predicted molar refractivity (Wildman–Crippen MR) is 61.5 cm³/mol. The van der Waals surface area contributed by atoms with Gasteiger partial charge in [-0.25, -0.2) is 0 Å². The SMILES string of the molecule is O=Cc1ccc(O)c2scc(CBr)c12. The molecule has 0 atom stereocenters. The van der Waals surface area contributed by atoms with Crippen molar-refractivity contribution in [2.45, 2.75) is 5.33 Å². The van der Waals surface area contributed by atoms with Crippen molar-refractivity contribution >= 4 is 43.6 Å². The number of phenols is 1. The molecule has 0 bridgehead atoms. The van der Waals surface area contributed by atoms with Crippen LogP contribution in [0.5, 0.6) is 5.75 Å². The molecule has 1 heterocycles. The van der Waals surface area contributed by atoms with Gasteiger partial charge in [-0.2, -0.15) is 0 Å². The molecule has 2 rings (SSSR count). The first kappa shape index (κ1) is 9.68. The fourth-order valence-electron chi connectivity index (χ4n) is 1.42. The quantitative estimate of drug-likeness (QED) is 0.672. The van der Waals surface area contributed by atoms with E-state index in [0.29, 0.717) is 10.9 Å². The van der Waals surface area contributed by atoms with E-state index in [-0.39, 0.29) is 5.75 Å². The van der Waals surface area contributed by atoms with Gasteiger partial charge < -0.3 is 5.11 Å². The van der Waals surface area contributed by atoms with Gasteiger partial charge in [-0.1, -0.05) is 15.9 Å². The van der Waals surface area contributed by atoms with E-state index in [1.165, 1.54) is 11.3 Å². The van der Waals surface area contributed by atoms with E-state index in [9.17, 15) is 9.90 Å². The molecule has 2 nitrogen and oxygen atoms in total. The van der Waals surface area contributed by atoms with Crippen LogP contribution in [0.25, 0.3) is 10.1 Å². The second-order valence-corrected chi connectivity index (χ2v) is 4.33. The van der Waals surface area contributed by atoms with E-state index in [1.54, 1.807) is 12.1 Å². The van der Waals surface area contributed by atoms with Crippen LogP contribution in [0.1, 0.15) is 15.9 Å². The maximum Gasteiger partial charge on any atom is 0.150 e. The van der Waals surface area contributed by atoms with Gasteiger partial charge >= 0.3 is 0 Å². The molecule has 0 aliphatic carbocycles. The zero-order valence-corrected chi connectivity index (χ0v) is 9.56. The first-order valence-corrected chi connectivity index (χ1v) is 6.01. The van der Waals surface area contributed by atoms with Crippen LogP contribution in [0.2, 0.25) is 0 Å². The standard InChI is InChI=1S/C10H7BrO2S/c11-3-7-5-14-10-8(13)2-1-6(4-12)9(7)10/h1-2,4-5,13H,3H2. The molecular formula is C10H7BrO2S. The van der Waals surface area contributed by atoms with E-state index in [1.807, 2.05) is 5.38 Å². The molecule has 4 heteroatoms. The van der Waals surface area contributed by atoms with Crippen LogP contribution in [0.15, 0.2) is 17.5 Å². The average Bonchev–Trinajstić information content (AvgIpc) is 2.63. The Morgan fingerprint density at radius 3 is 2.93 bits per heavy atom. The number of carbonyl (C=O) groups excluding carboxylic acids is 1. The summed E-state index contributed by atoms with van der Waals surface area (Å²) < 4.78 is 0.782. The zero-order chi connectivity index (χ0) is 10.1. The lowest BCUT2D eigenvalue weighted by molar-refractivity contribution is 0.112. The third-order valence-electron chi connectivity index (χ3n) is 2.08. The molecule has 0 aliphatic heterocycles. The summed E-state index contributed by atoms with van der Waals surface area (Å²) in [6, 6.07) is 3.20. The fourth-order valence-corrected chi connectivity index (χ4v) is 3.10. The minimum atomic E-state index is 0.239. The molecule has 0 amide bonds. The fraction of sp³-hybridized carbons (Fsp3) is 0.100. The number of rotatable bonds is 2. The van der Waals surface area contributed by atoms with Gasteiger partial charge in [0, 0.05) is 16.3 Å². The van der Waals surface area contributed by atoms with Crippen LogP contribution in [0.3, 0.4) is 0 Å². The van der Waals surface area contributed by atoms with Crippen LogP contribution in [0, 0.1) is 0 Å². The largest absolute Gasteiger partial charge is 0.506 e. The summed E-state index contributed by atoms with van der Waals surface area (Å²) in [6.07, 6.45) is 0.820. The molecule has 14 heavy (non-hydrogen) atoms. The highest BCUT2D eigenvalue weighted by Crippen LogP contribution is 2.35. The first-order chi connectivity index (χ1) is 6.77. The Hall–Kier alpha value is -0.870. The minimum absolute atomic E-state index is 0.239. The van der Waals surface area contributed by atoms with Crippen molar-refractivity contribution in [3.63, 3.8) is 0 Å². The predicted octanol–water partition coefficient (Wildman–Crippen LogP) is 3.31. The minimum Gasteiger partial charge on any atom is -0.506 e. The Morgan fingerprint density at radius 2 is 2.29 bits per heavy atom. The number of benzene rings is 1. The van der Waals surface area contributed by atoms with Crippen molar-refractivity contribution < 1.29 is 9.90 Å². The van der Waals surface area contributed by atoms with Gasteiger partial charge in [0.05, 0.1) is 4.70 Å². The van der Waals surface area contributed by atoms with Crippen LogP contribution in [0.4, 0.5) is 0 Å². The van der Waals surface area contributed by atoms with Gasteiger partial charge in [-0.15, -0.1) is 11.3 Å². The number of alkyl halides is 1. The van der Waals surface area contributed by atoms with Crippen molar-refractivity contribution in [3.05, 3.63) is 28.6 Å². The summed E-state index contributed by atoms with van der Waals surface area (Å²) >= 11 is 4.81. The molecular weight excluding hydrogens is 264 g/mol. The Kier molecular flexibility index (Phi) is 2.56. The molecule has 1 N–H and O–H groups in total. The van der Waals surface area contributed by atoms with Gasteiger partial charge in [0.1, 0.15) is 5.75 Å². The molecule has 0 fully saturated rings. The second kappa shape index (κ2) is 3.71. The van der Waals surface area contributed by atoms with E-state index in [0.717, 1.165) is 21.9 Å². The number of carbonyl (C=O) groups is 1. The van der Waals surface area contributed by atoms with E-state index in [2.05, 4.69) is 15.9 Å². The highest BCUT2D eigenvalue weighted by molar-refractivity contribution is 9.08. The maximum absolute atomic E-state index is 10.8. The van der Waals surface area contributed by atoms with Gasteiger partial charge in [-0.3, -0.25) is 4.79 Å². The van der Waals surface area contributed by atoms with Gasteiger partial charge in [0.25, 0.3) is 0 Å². The summed E-state index contributed by atoms with van der Waals surface area (Å²) in [5.74, 6) is 0.239. The van der Waals surface area contributed by atoms with Crippen molar-refractivity contribution in [2.75, 3.05) is 0 Å². The second-order valence-electron chi connectivity index (χ2n) is 2.89. The number of hydrogen-bond donors (Lipinski definition) is 1. The van der Waals surface area contributed by atoms with Crippen molar-refractivity contribution in [3.8, 4) is 5.75 Å². The molecule has 1 aromatic carbocycles. The van der Waals surface area contributed by atoms with Gasteiger partial charge in [-0.05, 0) is 23.1 Å². The molecule has 0 saturated heterocycles. The number of aromatic hydroxyl groups is 1. The molecule has 0 spiro atoms. The normalized spacial score (nSPS) is 10.6. The highest BCUT2D eigenvalue weighted by Gasteiger charge is 2.10. The Morgan fingerprint density at radius 1 is 1.50 bits per heavy atom. The van der Waals surface area contributed by atoms with E-state index >= 15 is 0 Å². The smallest absolute Gasteiger partial charge is 0.150 e. The lowest BCUT2D eigenvalue weighted by Crippen LogP contribution is -1.83. The lowest BCUT2D eigenvalue weighted by atomic mass is 10.1.